The molecule has 0 atom stereocenters. The van der Waals surface area contributed by atoms with Crippen LogP contribution in [0.15, 0.2) is 42.3 Å². The van der Waals surface area contributed by atoms with Crippen molar-refractivity contribution in [1.29, 1.82) is 0 Å². The largest absolute Gasteiger partial charge is 0.323 e. The molecule has 20 heavy (non-hydrogen) atoms. The van der Waals surface area contributed by atoms with Crippen LogP contribution < -0.4 is 10.6 Å². The normalized spacial score (nSPS) is 19.0. The highest BCUT2D eigenvalue weighted by atomic mass is 31.2. The summed E-state index contributed by atoms with van der Waals surface area (Å²) in [5.41, 5.74) is 0.721. The van der Waals surface area contributed by atoms with Crippen molar-refractivity contribution in [2.24, 2.45) is 0 Å². The molecule has 0 spiro atoms. The third-order valence-electron chi connectivity index (χ3n) is 3.17. The van der Waals surface area contributed by atoms with Crippen molar-refractivity contribution in [2.45, 2.75) is 0 Å². The summed E-state index contributed by atoms with van der Waals surface area (Å²) in [7, 11) is -2.54. The van der Waals surface area contributed by atoms with Gasteiger partial charge in [0.05, 0.1) is 0 Å². The summed E-state index contributed by atoms with van der Waals surface area (Å²) in [6.07, 6.45) is 1.48. The molecule has 2 aliphatic heterocycles. The molecule has 3 rings (SSSR count). The smallest absolute Gasteiger partial charge is 0.314 e. The van der Waals surface area contributed by atoms with Crippen molar-refractivity contribution >= 4 is 19.2 Å². The van der Waals surface area contributed by atoms with Crippen molar-refractivity contribution in [3.05, 3.63) is 42.3 Å². The van der Waals surface area contributed by atoms with Gasteiger partial charge in [-0.2, -0.15) is 0 Å². The van der Waals surface area contributed by atoms with E-state index in [1.54, 1.807) is 17.9 Å². The van der Waals surface area contributed by atoms with Crippen LogP contribution in [0.1, 0.15) is 0 Å². The number of carbonyl (C=O) groups is 1. The highest BCUT2D eigenvalue weighted by Gasteiger charge is 2.45. The van der Waals surface area contributed by atoms with Crippen LogP contribution in [0, 0.1) is 0 Å². The van der Waals surface area contributed by atoms with E-state index in [4.69, 9.17) is 0 Å². The van der Waals surface area contributed by atoms with Gasteiger partial charge < -0.3 is 10.6 Å². The molecule has 1 aromatic carbocycles. The fourth-order valence-electron chi connectivity index (χ4n) is 1.93. The summed E-state index contributed by atoms with van der Waals surface area (Å²) in [6.45, 7) is 3.48. The predicted octanol–water partition coefficient (Wildman–Crippen LogP) is 2.10. The fourth-order valence-corrected chi connectivity index (χ4v) is 4.26. The molecule has 0 bridgehead atoms. The Labute approximate surface area is 117 Å². The second-order valence-electron chi connectivity index (χ2n) is 4.78. The van der Waals surface area contributed by atoms with Crippen LogP contribution in [-0.4, -0.2) is 41.6 Å². The van der Waals surface area contributed by atoms with E-state index >= 15 is 0 Å². The molecule has 2 aliphatic rings. The predicted molar refractivity (Wildman–Crippen MR) is 78.5 cm³/mol. The molecule has 0 aliphatic carbocycles. The summed E-state index contributed by atoms with van der Waals surface area (Å²) in [4.78, 5) is 11.7. The molecule has 2 fully saturated rings. The Morgan fingerprint density at radius 2 is 1.70 bits per heavy atom. The van der Waals surface area contributed by atoms with Crippen molar-refractivity contribution in [1.82, 2.24) is 14.7 Å². The number of hydrogen-bond acceptors (Lipinski definition) is 2. The van der Waals surface area contributed by atoms with Crippen molar-refractivity contribution in [2.75, 3.05) is 31.5 Å². The van der Waals surface area contributed by atoms with Gasteiger partial charge in [0.15, 0.2) is 0 Å². The fraction of sp³-hybridized carbons (Fsp3) is 0.308. The highest BCUT2D eigenvalue weighted by molar-refractivity contribution is 7.62. The van der Waals surface area contributed by atoms with Crippen LogP contribution in [0.3, 0.4) is 0 Å². The first kappa shape index (κ1) is 13.4. The molecule has 0 aromatic heterocycles. The van der Waals surface area contributed by atoms with Crippen LogP contribution in [0.5, 0.6) is 0 Å². The maximum Gasteiger partial charge on any atom is 0.323 e. The number of anilines is 1. The number of nitrogens with zero attached hydrogens (tertiary/aromatic N) is 2. The van der Waals surface area contributed by atoms with Gasteiger partial charge in [0.1, 0.15) is 0 Å². The Hall–Kier alpha value is -1.62. The standard InChI is InChI=1S/C13H17N4O2P/c18-13(15-12-4-2-1-3-5-12)14-6-11-20(19,16-7-8-16)17-9-10-17/h1-6,11H,7-10H2,(H2,14,15,18). The number of urea groups is 1. The lowest BCUT2D eigenvalue weighted by atomic mass is 10.3. The van der Waals surface area contributed by atoms with E-state index in [-0.39, 0.29) is 6.03 Å². The molecule has 7 heteroatoms. The second-order valence-corrected chi connectivity index (χ2v) is 7.38. The van der Waals surface area contributed by atoms with Gasteiger partial charge in [-0.25, -0.2) is 14.1 Å². The molecule has 1 aromatic rings. The minimum absolute atomic E-state index is 0.337. The summed E-state index contributed by atoms with van der Waals surface area (Å²) in [5.74, 6) is 1.62. The first-order chi connectivity index (χ1) is 9.68. The number of benzene rings is 1. The molecule has 0 radical (unpaired) electrons. The second kappa shape index (κ2) is 5.40. The topological polar surface area (TPSA) is 64.2 Å². The quantitative estimate of drug-likeness (QED) is 0.644. The maximum absolute atomic E-state index is 12.7. The van der Waals surface area contributed by atoms with Crippen LogP contribution >= 0.6 is 7.44 Å². The molecule has 2 heterocycles. The van der Waals surface area contributed by atoms with E-state index in [9.17, 15) is 9.36 Å². The van der Waals surface area contributed by atoms with E-state index in [0.717, 1.165) is 31.9 Å². The van der Waals surface area contributed by atoms with E-state index in [1.165, 1.54) is 6.20 Å². The third-order valence-corrected chi connectivity index (χ3v) is 6.13. The van der Waals surface area contributed by atoms with Crippen LogP contribution in [0.2, 0.25) is 0 Å². The molecule has 2 saturated heterocycles. The third kappa shape index (κ3) is 3.10. The van der Waals surface area contributed by atoms with Gasteiger partial charge in [-0.3, -0.25) is 4.57 Å². The van der Waals surface area contributed by atoms with Gasteiger partial charge in [-0.1, -0.05) is 18.2 Å². The Kier molecular flexibility index (Phi) is 3.61. The SMILES string of the molecule is O=C(NC=CP(=O)(N1CC1)N1CC1)Nc1ccccc1. The number of amides is 2. The molecule has 2 N–H and O–H groups in total. The first-order valence-corrected chi connectivity index (χ1v) is 8.27. The zero-order chi connectivity index (χ0) is 14.0. The van der Waals surface area contributed by atoms with Gasteiger partial charge >= 0.3 is 6.03 Å². The molecular formula is C13H17N4O2P. The van der Waals surface area contributed by atoms with Gasteiger partial charge in [-0.05, 0) is 12.1 Å². The average Bonchev–Trinajstić information content (AvgIpc) is 3.31. The van der Waals surface area contributed by atoms with Gasteiger partial charge in [0.2, 0.25) is 7.44 Å². The number of hydrogen-bond donors (Lipinski definition) is 2. The summed E-state index contributed by atoms with van der Waals surface area (Å²) in [6, 6.07) is 8.85. The number of rotatable bonds is 5. The minimum atomic E-state index is -2.54. The molecular weight excluding hydrogens is 275 g/mol. The Balaban J connectivity index is 1.54. The number of para-hydroxylation sites is 1. The molecule has 106 valence electrons. The molecule has 0 unspecified atom stereocenters. The van der Waals surface area contributed by atoms with Crippen molar-refractivity contribution in [3.8, 4) is 0 Å². The van der Waals surface area contributed by atoms with E-state index < -0.39 is 7.44 Å². The van der Waals surface area contributed by atoms with Gasteiger partial charge in [-0.15, -0.1) is 0 Å². The van der Waals surface area contributed by atoms with Crippen LogP contribution in [0.25, 0.3) is 0 Å². The zero-order valence-electron chi connectivity index (χ0n) is 11.0. The lowest BCUT2D eigenvalue weighted by Crippen LogP contribution is -2.23. The van der Waals surface area contributed by atoms with E-state index in [1.807, 2.05) is 27.5 Å². The lowest BCUT2D eigenvalue weighted by Gasteiger charge is -2.15. The zero-order valence-corrected chi connectivity index (χ0v) is 11.9. The molecule has 6 nitrogen and oxygen atoms in total. The summed E-state index contributed by atoms with van der Waals surface area (Å²) < 4.78 is 16.5. The van der Waals surface area contributed by atoms with Crippen molar-refractivity contribution < 1.29 is 9.36 Å². The molecule has 0 saturated carbocycles. The Morgan fingerprint density at radius 3 is 2.25 bits per heavy atom. The Bertz CT molecular complexity index is 551. The lowest BCUT2D eigenvalue weighted by molar-refractivity contribution is 0.255. The minimum Gasteiger partial charge on any atom is -0.314 e. The van der Waals surface area contributed by atoms with Crippen molar-refractivity contribution in [3.63, 3.8) is 0 Å². The van der Waals surface area contributed by atoms with Crippen LogP contribution in [0.4, 0.5) is 10.5 Å². The summed E-state index contributed by atoms with van der Waals surface area (Å²) in [5, 5.41) is 5.30. The van der Waals surface area contributed by atoms with Gasteiger partial charge in [0.25, 0.3) is 0 Å². The maximum atomic E-state index is 12.7. The number of nitrogens with one attached hydrogen (secondary N) is 2. The van der Waals surface area contributed by atoms with E-state index in [2.05, 4.69) is 10.6 Å². The van der Waals surface area contributed by atoms with E-state index in [0.29, 0.717) is 0 Å². The monoisotopic (exact) mass is 292 g/mol. The van der Waals surface area contributed by atoms with Gasteiger partial charge in [0, 0.05) is 43.9 Å². The first-order valence-electron chi connectivity index (χ1n) is 6.59. The molecule has 2 amide bonds. The summed E-state index contributed by atoms with van der Waals surface area (Å²) >= 11 is 0. The van der Waals surface area contributed by atoms with Crippen LogP contribution in [-0.2, 0) is 4.57 Å². The number of carbonyl (C=O) groups excluding carboxylic acids is 1. The highest BCUT2D eigenvalue weighted by Crippen LogP contribution is 2.61. The average molecular weight is 292 g/mol. The Morgan fingerprint density at radius 1 is 1.10 bits per heavy atom.